The molecular formula is C13H21N. The lowest BCUT2D eigenvalue weighted by Gasteiger charge is -1.98. The molecule has 0 aromatic rings. The molecule has 0 aromatic carbocycles. The van der Waals surface area contributed by atoms with Crippen molar-refractivity contribution < 1.29 is 0 Å². The summed E-state index contributed by atoms with van der Waals surface area (Å²) in [6.45, 7) is 10.00. The fourth-order valence-electron chi connectivity index (χ4n) is 1.09. The van der Waals surface area contributed by atoms with Gasteiger partial charge in [-0.2, -0.15) is 0 Å². The largest absolute Gasteiger partial charge is 0.328 e. The molecule has 0 bridgehead atoms. The van der Waals surface area contributed by atoms with Crippen molar-refractivity contribution in [1.82, 2.24) is 0 Å². The predicted molar refractivity (Wildman–Crippen MR) is 65.1 cm³/mol. The van der Waals surface area contributed by atoms with Gasteiger partial charge in [-0.05, 0) is 32.8 Å². The van der Waals surface area contributed by atoms with Gasteiger partial charge < -0.3 is 5.73 Å². The summed E-state index contributed by atoms with van der Waals surface area (Å²) in [7, 11) is 0. The van der Waals surface area contributed by atoms with Gasteiger partial charge in [0.25, 0.3) is 0 Å². The van der Waals surface area contributed by atoms with Crippen LogP contribution in [0.15, 0.2) is 48.1 Å². The Morgan fingerprint density at radius 3 is 2.57 bits per heavy atom. The highest BCUT2D eigenvalue weighted by atomic mass is 14.6. The van der Waals surface area contributed by atoms with E-state index in [4.69, 9.17) is 5.73 Å². The summed E-state index contributed by atoms with van der Waals surface area (Å²) in [4.78, 5) is 0. The third-order valence-corrected chi connectivity index (χ3v) is 1.68. The molecule has 1 unspecified atom stereocenters. The Morgan fingerprint density at radius 1 is 1.43 bits per heavy atom. The first kappa shape index (κ1) is 12.9. The highest BCUT2D eigenvalue weighted by Gasteiger charge is 1.88. The van der Waals surface area contributed by atoms with Gasteiger partial charge in [-0.15, -0.1) is 0 Å². The highest BCUT2D eigenvalue weighted by molar-refractivity contribution is 5.33. The van der Waals surface area contributed by atoms with E-state index in [-0.39, 0.29) is 6.04 Å². The molecule has 0 saturated carbocycles. The zero-order chi connectivity index (χ0) is 11.0. The van der Waals surface area contributed by atoms with Crippen molar-refractivity contribution >= 4 is 0 Å². The maximum absolute atomic E-state index is 5.62. The van der Waals surface area contributed by atoms with Gasteiger partial charge in [0.15, 0.2) is 0 Å². The molecule has 0 saturated heterocycles. The van der Waals surface area contributed by atoms with Crippen molar-refractivity contribution in [2.24, 2.45) is 5.73 Å². The lowest BCUT2D eigenvalue weighted by Crippen LogP contribution is -2.12. The van der Waals surface area contributed by atoms with E-state index in [0.29, 0.717) is 0 Å². The standard InChI is InChI=1S/C13H21N/c1-5-7-11(2)10-12(3)8-6-9-13(4)14/h5-8,10,13H,3,9,14H2,1-2,4H3/b7-5-,8-6-,11-10+. The van der Waals surface area contributed by atoms with E-state index < -0.39 is 0 Å². The van der Waals surface area contributed by atoms with Crippen molar-refractivity contribution in [3.05, 3.63) is 48.1 Å². The molecule has 78 valence electrons. The van der Waals surface area contributed by atoms with E-state index in [9.17, 15) is 0 Å². The van der Waals surface area contributed by atoms with Gasteiger partial charge in [-0.1, -0.05) is 42.5 Å². The number of hydrogen-bond acceptors (Lipinski definition) is 1. The van der Waals surface area contributed by atoms with Crippen molar-refractivity contribution in [3.8, 4) is 0 Å². The summed E-state index contributed by atoms with van der Waals surface area (Å²) >= 11 is 0. The van der Waals surface area contributed by atoms with E-state index in [1.54, 1.807) is 0 Å². The third-order valence-electron chi connectivity index (χ3n) is 1.68. The Hall–Kier alpha value is -1.08. The first-order chi connectivity index (χ1) is 6.56. The third kappa shape index (κ3) is 7.56. The minimum atomic E-state index is 0.222. The second-order valence-electron chi connectivity index (χ2n) is 3.58. The topological polar surface area (TPSA) is 26.0 Å². The van der Waals surface area contributed by atoms with E-state index in [1.807, 2.05) is 26.0 Å². The second kappa shape index (κ2) is 7.34. The van der Waals surface area contributed by atoms with E-state index in [0.717, 1.165) is 12.0 Å². The number of nitrogens with two attached hydrogens (primary N) is 1. The maximum atomic E-state index is 5.62. The summed E-state index contributed by atoms with van der Waals surface area (Å²) in [5.74, 6) is 0. The Bertz CT molecular complexity index is 254. The van der Waals surface area contributed by atoms with Gasteiger partial charge in [0.05, 0.1) is 0 Å². The monoisotopic (exact) mass is 191 g/mol. The molecule has 0 aliphatic carbocycles. The maximum Gasteiger partial charge on any atom is 0.00451 e. The molecule has 0 aromatic heterocycles. The highest BCUT2D eigenvalue weighted by Crippen LogP contribution is 2.04. The fourth-order valence-corrected chi connectivity index (χ4v) is 1.09. The van der Waals surface area contributed by atoms with Crippen molar-refractivity contribution in [2.75, 3.05) is 0 Å². The first-order valence-electron chi connectivity index (χ1n) is 4.98. The number of rotatable bonds is 5. The zero-order valence-electron chi connectivity index (χ0n) is 9.46. The smallest absolute Gasteiger partial charge is 0.00451 e. The summed E-state index contributed by atoms with van der Waals surface area (Å²) in [6, 6.07) is 0.222. The summed E-state index contributed by atoms with van der Waals surface area (Å²) in [5, 5.41) is 0. The van der Waals surface area contributed by atoms with Crippen molar-refractivity contribution in [1.29, 1.82) is 0 Å². The SMILES string of the molecule is C=C(/C=C\CC(C)N)/C=C(C)/C=C\C. The van der Waals surface area contributed by atoms with Gasteiger partial charge in [-0.3, -0.25) is 0 Å². The van der Waals surface area contributed by atoms with Gasteiger partial charge in [-0.25, -0.2) is 0 Å². The van der Waals surface area contributed by atoms with Crippen LogP contribution in [0.4, 0.5) is 0 Å². The Kier molecular flexibility index (Phi) is 6.77. The summed E-state index contributed by atoms with van der Waals surface area (Å²) in [5.41, 5.74) is 7.85. The van der Waals surface area contributed by atoms with Crippen LogP contribution in [-0.2, 0) is 0 Å². The van der Waals surface area contributed by atoms with Crippen LogP contribution < -0.4 is 5.73 Å². The summed E-state index contributed by atoms with van der Waals surface area (Å²) in [6.07, 6.45) is 11.1. The summed E-state index contributed by atoms with van der Waals surface area (Å²) < 4.78 is 0. The molecule has 0 amide bonds. The van der Waals surface area contributed by atoms with Gasteiger partial charge in [0.2, 0.25) is 0 Å². The van der Waals surface area contributed by atoms with E-state index in [2.05, 4.69) is 31.7 Å². The molecule has 0 aliphatic heterocycles. The molecule has 1 heteroatoms. The van der Waals surface area contributed by atoms with Crippen LogP contribution in [0.2, 0.25) is 0 Å². The minimum absolute atomic E-state index is 0.222. The predicted octanol–water partition coefficient (Wildman–Crippen LogP) is 3.36. The Labute approximate surface area is 87.7 Å². The minimum Gasteiger partial charge on any atom is -0.328 e. The lowest BCUT2D eigenvalue weighted by molar-refractivity contribution is 0.757. The molecule has 0 fully saturated rings. The molecular weight excluding hydrogens is 170 g/mol. The Morgan fingerprint density at radius 2 is 2.07 bits per heavy atom. The molecule has 0 rings (SSSR count). The molecule has 2 N–H and O–H groups in total. The normalized spacial score (nSPS) is 15.3. The van der Waals surface area contributed by atoms with Gasteiger partial charge >= 0.3 is 0 Å². The molecule has 0 spiro atoms. The average molecular weight is 191 g/mol. The van der Waals surface area contributed by atoms with Crippen LogP contribution in [0.5, 0.6) is 0 Å². The van der Waals surface area contributed by atoms with Crippen molar-refractivity contribution in [2.45, 2.75) is 33.2 Å². The lowest BCUT2D eigenvalue weighted by atomic mass is 10.1. The van der Waals surface area contributed by atoms with Crippen LogP contribution in [0, 0.1) is 0 Å². The second-order valence-corrected chi connectivity index (χ2v) is 3.58. The number of allylic oxidation sites excluding steroid dienone is 6. The molecule has 0 radical (unpaired) electrons. The molecule has 0 heterocycles. The molecule has 1 nitrogen and oxygen atoms in total. The van der Waals surface area contributed by atoms with E-state index >= 15 is 0 Å². The number of hydrogen-bond donors (Lipinski definition) is 1. The van der Waals surface area contributed by atoms with E-state index in [1.165, 1.54) is 5.57 Å². The molecule has 1 atom stereocenters. The first-order valence-corrected chi connectivity index (χ1v) is 4.98. The molecule has 0 aliphatic rings. The van der Waals surface area contributed by atoms with Crippen LogP contribution >= 0.6 is 0 Å². The van der Waals surface area contributed by atoms with Gasteiger partial charge in [0.1, 0.15) is 0 Å². The quantitative estimate of drug-likeness (QED) is 0.662. The Balaban J connectivity index is 4.09. The van der Waals surface area contributed by atoms with Crippen LogP contribution in [-0.4, -0.2) is 6.04 Å². The van der Waals surface area contributed by atoms with Crippen molar-refractivity contribution in [3.63, 3.8) is 0 Å². The zero-order valence-corrected chi connectivity index (χ0v) is 9.46. The van der Waals surface area contributed by atoms with Crippen LogP contribution in [0.25, 0.3) is 0 Å². The molecule has 14 heavy (non-hydrogen) atoms. The average Bonchev–Trinajstić information content (AvgIpc) is 2.03. The fraction of sp³-hybridized carbons (Fsp3) is 0.385. The van der Waals surface area contributed by atoms with Crippen LogP contribution in [0.3, 0.4) is 0 Å². The van der Waals surface area contributed by atoms with Crippen LogP contribution in [0.1, 0.15) is 27.2 Å². The van der Waals surface area contributed by atoms with Gasteiger partial charge in [0, 0.05) is 6.04 Å².